The fraction of sp³-hybridized carbons (Fsp3) is 0.600. The molecule has 0 atom stereocenters. The summed E-state index contributed by atoms with van der Waals surface area (Å²) in [4.78, 5) is 0. The van der Waals surface area contributed by atoms with Gasteiger partial charge in [0.05, 0.1) is 5.75 Å². The second-order valence-electron chi connectivity index (χ2n) is 5.77. The molecule has 0 heterocycles. The van der Waals surface area contributed by atoms with Crippen LogP contribution < -0.4 is 10.0 Å². The van der Waals surface area contributed by atoms with E-state index in [1.54, 1.807) is 0 Å². The summed E-state index contributed by atoms with van der Waals surface area (Å²) < 4.78 is 26.9. The van der Waals surface area contributed by atoms with Gasteiger partial charge in [-0.1, -0.05) is 38.1 Å². The van der Waals surface area contributed by atoms with Crippen molar-refractivity contribution in [1.82, 2.24) is 10.0 Å². The summed E-state index contributed by atoms with van der Waals surface area (Å²) in [5.74, 6) is 0.194. The highest BCUT2D eigenvalue weighted by molar-refractivity contribution is 7.89. The van der Waals surface area contributed by atoms with E-state index < -0.39 is 10.0 Å². The van der Waals surface area contributed by atoms with E-state index in [0.29, 0.717) is 12.5 Å². The number of hydrogen-bond donors (Lipinski definition) is 2. The highest BCUT2D eigenvalue weighted by atomic mass is 32.2. The Bertz CT molecular complexity index is 516. The Hall–Kier alpha value is -0.910. The molecule has 0 fully saturated rings. The van der Waals surface area contributed by atoms with Crippen LogP contribution in [0.5, 0.6) is 0 Å². The second-order valence-corrected chi connectivity index (χ2v) is 7.65. The molecule has 0 radical (unpaired) electrons. The molecule has 1 aliphatic carbocycles. The summed E-state index contributed by atoms with van der Waals surface area (Å²) in [5.41, 5.74) is 2.53. The van der Waals surface area contributed by atoms with Gasteiger partial charge < -0.3 is 5.32 Å². The van der Waals surface area contributed by atoms with E-state index >= 15 is 0 Å². The van der Waals surface area contributed by atoms with Gasteiger partial charge in [-0.15, -0.1) is 0 Å². The summed E-state index contributed by atoms with van der Waals surface area (Å²) in [7, 11) is -3.17. The van der Waals surface area contributed by atoms with Crippen LogP contribution in [0.25, 0.3) is 0 Å². The van der Waals surface area contributed by atoms with Gasteiger partial charge in [-0.2, -0.15) is 0 Å². The minimum absolute atomic E-state index is 0.0236. The maximum Gasteiger partial charge on any atom is 0.211 e. The van der Waals surface area contributed by atoms with Gasteiger partial charge in [-0.25, -0.2) is 13.1 Å². The summed E-state index contributed by atoms with van der Waals surface area (Å²) >= 11 is 0. The Kier molecular flexibility index (Phi) is 5.18. The Morgan fingerprint density at radius 2 is 1.80 bits per heavy atom. The fourth-order valence-corrected chi connectivity index (χ4v) is 3.92. The zero-order valence-electron chi connectivity index (χ0n) is 12.2. The molecule has 0 amide bonds. The molecular weight excluding hydrogens is 272 g/mol. The van der Waals surface area contributed by atoms with E-state index in [1.165, 1.54) is 11.1 Å². The number of benzene rings is 1. The van der Waals surface area contributed by atoms with E-state index in [1.807, 2.05) is 12.1 Å². The van der Waals surface area contributed by atoms with E-state index in [9.17, 15) is 8.42 Å². The minimum atomic E-state index is -3.17. The normalized spacial score (nSPS) is 15.8. The predicted octanol–water partition coefficient (Wildman–Crippen LogP) is 1.46. The average Bonchev–Trinajstić information content (AvgIpc) is 2.75. The predicted molar refractivity (Wildman–Crippen MR) is 82.3 cm³/mol. The van der Waals surface area contributed by atoms with Crippen molar-refractivity contribution in [1.29, 1.82) is 0 Å². The Morgan fingerprint density at radius 3 is 2.35 bits per heavy atom. The molecule has 112 valence electrons. The van der Waals surface area contributed by atoms with Crippen molar-refractivity contribution in [3.05, 3.63) is 35.4 Å². The summed E-state index contributed by atoms with van der Waals surface area (Å²) in [6, 6.07) is 8.60. The Morgan fingerprint density at radius 1 is 1.20 bits per heavy atom. The van der Waals surface area contributed by atoms with Crippen LogP contribution in [0.2, 0.25) is 0 Å². The van der Waals surface area contributed by atoms with E-state index in [2.05, 4.69) is 36.0 Å². The molecular formula is C15H24N2O2S. The molecule has 0 aliphatic heterocycles. The van der Waals surface area contributed by atoms with Crippen molar-refractivity contribution in [2.45, 2.75) is 45.2 Å². The summed E-state index contributed by atoms with van der Waals surface area (Å²) in [6.07, 6.45) is 2.26. The van der Waals surface area contributed by atoms with E-state index in [4.69, 9.17) is 0 Å². The van der Waals surface area contributed by atoms with Crippen molar-refractivity contribution in [2.75, 3.05) is 12.3 Å². The second kappa shape index (κ2) is 6.70. The van der Waals surface area contributed by atoms with Gasteiger partial charge in [0.1, 0.15) is 0 Å². The first kappa shape index (κ1) is 15.5. The molecule has 20 heavy (non-hydrogen) atoms. The lowest BCUT2D eigenvalue weighted by Gasteiger charge is -2.13. The van der Waals surface area contributed by atoms with Crippen LogP contribution in [0.4, 0.5) is 0 Å². The van der Waals surface area contributed by atoms with Crippen molar-refractivity contribution in [3.8, 4) is 0 Å². The molecule has 0 aromatic heterocycles. The summed E-state index contributed by atoms with van der Waals surface area (Å²) in [6.45, 7) is 4.86. The lowest BCUT2D eigenvalue weighted by atomic mass is 10.1. The first-order valence-electron chi connectivity index (χ1n) is 7.26. The van der Waals surface area contributed by atoms with Crippen molar-refractivity contribution < 1.29 is 8.42 Å². The van der Waals surface area contributed by atoms with E-state index in [-0.39, 0.29) is 11.8 Å². The molecule has 0 saturated carbocycles. The van der Waals surface area contributed by atoms with Gasteiger partial charge in [-0.3, -0.25) is 0 Å². The highest BCUT2D eigenvalue weighted by Gasteiger charge is 2.24. The Balaban J connectivity index is 1.79. The molecule has 0 saturated heterocycles. The van der Waals surface area contributed by atoms with Crippen LogP contribution in [-0.2, 0) is 22.9 Å². The van der Waals surface area contributed by atoms with Crippen molar-refractivity contribution in [2.24, 2.45) is 0 Å². The highest BCUT2D eigenvalue weighted by Crippen LogP contribution is 2.22. The number of fused-ring (bicyclic) bond motifs is 1. The van der Waals surface area contributed by atoms with Gasteiger partial charge in [0.25, 0.3) is 0 Å². The van der Waals surface area contributed by atoms with Crippen LogP contribution >= 0.6 is 0 Å². The standard InChI is InChI=1S/C15H24N2O2S/c1-12(2)16-8-5-9-20(18,19)17-15-10-13-6-3-4-7-14(13)11-15/h3-4,6-7,12,15-17H,5,8-11H2,1-2H3. The number of sulfonamides is 1. The summed E-state index contributed by atoms with van der Waals surface area (Å²) in [5, 5.41) is 3.23. The maximum absolute atomic E-state index is 12.0. The minimum Gasteiger partial charge on any atom is -0.314 e. The van der Waals surface area contributed by atoms with E-state index in [0.717, 1.165) is 19.4 Å². The number of nitrogens with one attached hydrogen (secondary N) is 2. The lowest BCUT2D eigenvalue weighted by Crippen LogP contribution is -2.37. The Labute approximate surface area is 122 Å². The van der Waals surface area contributed by atoms with Crippen molar-refractivity contribution >= 4 is 10.0 Å². The van der Waals surface area contributed by atoms with Crippen LogP contribution in [0.1, 0.15) is 31.4 Å². The third-order valence-corrected chi connectivity index (χ3v) is 5.06. The van der Waals surface area contributed by atoms with Crippen LogP contribution in [0, 0.1) is 0 Å². The third-order valence-electron chi connectivity index (χ3n) is 3.54. The monoisotopic (exact) mass is 296 g/mol. The lowest BCUT2D eigenvalue weighted by molar-refractivity contribution is 0.544. The fourth-order valence-electron chi connectivity index (χ4n) is 2.61. The van der Waals surface area contributed by atoms with Gasteiger partial charge in [0.15, 0.2) is 0 Å². The molecule has 5 heteroatoms. The van der Waals surface area contributed by atoms with Gasteiger partial charge in [0, 0.05) is 12.1 Å². The number of hydrogen-bond acceptors (Lipinski definition) is 3. The average molecular weight is 296 g/mol. The number of rotatable bonds is 7. The quantitative estimate of drug-likeness (QED) is 0.749. The topological polar surface area (TPSA) is 58.2 Å². The zero-order chi connectivity index (χ0) is 14.6. The largest absolute Gasteiger partial charge is 0.314 e. The SMILES string of the molecule is CC(C)NCCCS(=O)(=O)NC1Cc2ccccc2C1. The van der Waals surface area contributed by atoms with Crippen LogP contribution in [0.15, 0.2) is 24.3 Å². The molecule has 0 unspecified atom stereocenters. The molecule has 0 spiro atoms. The smallest absolute Gasteiger partial charge is 0.211 e. The molecule has 0 bridgehead atoms. The van der Waals surface area contributed by atoms with Crippen LogP contribution in [-0.4, -0.2) is 32.8 Å². The first-order valence-corrected chi connectivity index (χ1v) is 8.91. The molecule has 2 N–H and O–H groups in total. The third kappa shape index (κ3) is 4.58. The molecule has 1 aromatic rings. The van der Waals surface area contributed by atoms with Gasteiger partial charge in [0.2, 0.25) is 10.0 Å². The van der Waals surface area contributed by atoms with Gasteiger partial charge >= 0.3 is 0 Å². The van der Waals surface area contributed by atoms with Gasteiger partial charge in [-0.05, 0) is 36.9 Å². The van der Waals surface area contributed by atoms with Crippen molar-refractivity contribution in [3.63, 3.8) is 0 Å². The van der Waals surface area contributed by atoms with Crippen LogP contribution in [0.3, 0.4) is 0 Å². The molecule has 4 nitrogen and oxygen atoms in total. The molecule has 1 aromatic carbocycles. The molecule has 2 rings (SSSR count). The zero-order valence-corrected chi connectivity index (χ0v) is 13.0. The maximum atomic E-state index is 12.0. The first-order chi connectivity index (χ1) is 9.46. The molecule has 1 aliphatic rings.